The summed E-state index contributed by atoms with van der Waals surface area (Å²) < 4.78 is 30.8. The Hall–Kier alpha value is -3.46. The monoisotopic (exact) mass is 510 g/mol. The lowest BCUT2D eigenvalue weighted by molar-refractivity contribution is -0.271. The minimum absolute atomic E-state index is 0.0398. The van der Waals surface area contributed by atoms with Gasteiger partial charge in [0, 0.05) is 36.8 Å². The van der Waals surface area contributed by atoms with E-state index >= 15 is 0 Å². The van der Waals surface area contributed by atoms with Crippen LogP contribution in [0.25, 0.3) is 6.08 Å². The fourth-order valence-electron chi connectivity index (χ4n) is 5.40. The van der Waals surface area contributed by atoms with E-state index in [9.17, 15) is 18.8 Å². The zero-order valence-electron chi connectivity index (χ0n) is 20.6. The van der Waals surface area contributed by atoms with Crippen molar-refractivity contribution in [3.05, 3.63) is 69.9 Å². The van der Waals surface area contributed by atoms with Crippen molar-refractivity contribution < 1.29 is 28.2 Å². The van der Waals surface area contributed by atoms with Gasteiger partial charge in [-0.3, -0.25) is 4.79 Å². The number of carbonyl (C=O) groups excluding carboxylic acids is 2. The molecule has 3 fully saturated rings. The molecule has 1 atom stereocenters. The molecular weight excluding hydrogens is 479 g/mol. The Labute approximate surface area is 214 Å². The van der Waals surface area contributed by atoms with Gasteiger partial charge in [-0.05, 0) is 43.2 Å². The molecule has 9 heteroatoms. The van der Waals surface area contributed by atoms with Gasteiger partial charge in [-0.2, -0.15) is 0 Å². The number of allylic oxidation sites excluding steroid dienone is 1. The molecule has 1 N–H and O–H groups in total. The number of pyridine rings is 1. The first-order chi connectivity index (χ1) is 17.9. The van der Waals surface area contributed by atoms with Crippen LogP contribution in [0.15, 0.2) is 47.4 Å². The average Bonchev–Trinajstić information content (AvgIpc) is 3.19. The number of likely N-dealkylation sites (tertiary alicyclic amines) is 1. The highest BCUT2D eigenvalue weighted by Gasteiger charge is 2.55. The predicted octanol–water partition coefficient (Wildman–Crippen LogP) is 4.15. The maximum atomic E-state index is 13.7. The third-order valence-corrected chi connectivity index (χ3v) is 7.42. The first-order valence-corrected chi connectivity index (χ1v) is 12.9. The number of nitrogens with zero attached hydrogens (tertiary/aromatic N) is 1. The number of rotatable bonds is 7. The Balaban J connectivity index is 1.30. The second-order valence-corrected chi connectivity index (χ2v) is 10.1. The molecule has 2 aromatic rings. The lowest BCUT2D eigenvalue weighted by Gasteiger charge is -2.42. The first kappa shape index (κ1) is 25.2. The van der Waals surface area contributed by atoms with Gasteiger partial charge in [0.05, 0.1) is 6.61 Å². The fourth-order valence-corrected chi connectivity index (χ4v) is 5.40. The van der Waals surface area contributed by atoms with E-state index in [0.29, 0.717) is 25.5 Å². The molecule has 1 unspecified atom stereocenters. The van der Waals surface area contributed by atoms with Gasteiger partial charge in [0.2, 0.25) is 0 Å². The van der Waals surface area contributed by atoms with Gasteiger partial charge in [-0.15, -0.1) is 0 Å². The van der Waals surface area contributed by atoms with Crippen LogP contribution in [0.5, 0.6) is 5.75 Å². The second kappa shape index (κ2) is 10.9. The van der Waals surface area contributed by atoms with Crippen molar-refractivity contribution in [3.63, 3.8) is 0 Å². The molecule has 1 aromatic carbocycles. The standard InChI is InChI=1S/C28H31FN2O6/c29-23-14-22(25(32)30-16-23)17-31-13-12-19(15-28(31)36-26(33)27(34)37-28)10-11-21-8-4-5-9-24(21)35-18-20-6-2-1-3-7-20/h4-5,8-11,14,16,19-20H,1-3,6-7,12-13,15,17-18H2,(H,30,32)/b11-10+. The summed E-state index contributed by atoms with van der Waals surface area (Å²) in [6.07, 6.45) is 12.1. The zero-order valence-corrected chi connectivity index (χ0v) is 20.6. The van der Waals surface area contributed by atoms with Crippen molar-refractivity contribution in [1.29, 1.82) is 0 Å². The molecule has 0 amide bonds. The number of nitrogens with one attached hydrogen (secondary N) is 1. The van der Waals surface area contributed by atoms with E-state index < -0.39 is 29.2 Å². The third-order valence-electron chi connectivity index (χ3n) is 7.42. The van der Waals surface area contributed by atoms with E-state index in [-0.39, 0.29) is 24.4 Å². The average molecular weight is 511 g/mol. The summed E-state index contributed by atoms with van der Waals surface area (Å²) in [6.45, 7) is 1.03. The Bertz CT molecular complexity index is 1220. The van der Waals surface area contributed by atoms with Crippen molar-refractivity contribution in [1.82, 2.24) is 9.88 Å². The number of carbonyl (C=O) groups is 2. The Morgan fingerprint density at radius 2 is 1.84 bits per heavy atom. The topological polar surface area (TPSA) is 97.9 Å². The van der Waals surface area contributed by atoms with Gasteiger partial charge >= 0.3 is 17.8 Å². The van der Waals surface area contributed by atoms with Crippen molar-refractivity contribution >= 4 is 18.0 Å². The lowest BCUT2D eigenvalue weighted by atomic mass is 9.90. The molecular formula is C28H31FN2O6. The molecule has 1 saturated carbocycles. The van der Waals surface area contributed by atoms with Crippen LogP contribution in [0.1, 0.15) is 56.1 Å². The van der Waals surface area contributed by atoms with Crippen LogP contribution in [-0.4, -0.2) is 40.9 Å². The number of H-pyrrole nitrogens is 1. The highest BCUT2D eigenvalue weighted by Crippen LogP contribution is 2.39. The number of benzene rings is 1. The van der Waals surface area contributed by atoms with Gasteiger partial charge in [-0.1, -0.05) is 49.6 Å². The molecule has 2 aliphatic heterocycles. The molecule has 3 heterocycles. The summed E-state index contributed by atoms with van der Waals surface area (Å²) in [7, 11) is 0. The van der Waals surface area contributed by atoms with E-state index in [1.54, 1.807) is 4.90 Å². The molecule has 8 nitrogen and oxygen atoms in total. The summed E-state index contributed by atoms with van der Waals surface area (Å²) in [4.78, 5) is 40.2. The Morgan fingerprint density at radius 1 is 1.08 bits per heavy atom. The third kappa shape index (κ3) is 5.77. The number of ether oxygens (including phenoxy) is 3. The largest absolute Gasteiger partial charge is 0.493 e. The fraction of sp³-hybridized carbons (Fsp3) is 0.464. The molecule has 37 heavy (non-hydrogen) atoms. The number of aromatic nitrogens is 1. The highest BCUT2D eigenvalue weighted by molar-refractivity contribution is 6.31. The first-order valence-electron chi connectivity index (χ1n) is 12.9. The highest BCUT2D eigenvalue weighted by atomic mass is 19.1. The maximum Gasteiger partial charge on any atom is 0.421 e. The number of hydrogen-bond donors (Lipinski definition) is 1. The van der Waals surface area contributed by atoms with Crippen LogP contribution < -0.4 is 10.3 Å². The predicted molar refractivity (Wildman–Crippen MR) is 133 cm³/mol. The quantitative estimate of drug-likeness (QED) is 0.441. The second-order valence-electron chi connectivity index (χ2n) is 10.1. The minimum atomic E-state index is -1.64. The summed E-state index contributed by atoms with van der Waals surface area (Å²) in [5.74, 6) is -3.06. The van der Waals surface area contributed by atoms with E-state index in [1.165, 1.54) is 32.1 Å². The molecule has 196 valence electrons. The molecule has 2 saturated heterocycles. The van der Waals surface area contributed by atoms with Gasteiger partial charge < -0.3 is 19.2 Å². The van der Waals surface area contributed by atoms with Crippen molar-refractivity contribution in [2.45, 2.75) is 57.4 Å². The summed E-state index contributed by atoms with van der Waals surface area (Å²) in [6, 6.07) is 8.98. The number of esters is 2. The van der Waals surface area contributed by atoms with Crippen LogP contribution in [0.3, 0.4) is 0 Å². The van der Waals surface area contributed by atoms with Crippen molar-refractivity contribution in [3.8, 4) is 5.75 Å². The summed E-state index contributed by atoms with van der Waals surface area (Å²) >= 11 is 0. The SMILES string of the molecule is O=C1OC2(CC(/C=C/c3ccccc3OCC3CCCCC3)CCN2Cc2cc(F)c[nH]c2=O)OC1=O. The Kier molecular flexibility index (Phi) is 7.41. The van der Waals surface area contributed by atoms with Crippen LogP contribution in [-0.2, 0) is 25.6 Å². The van der Waals surface area contributed by atoms with Gasteiger partial charge in [0.25, 0.3) is 5.56 Å². The van der Waals surface area contributed by atoms with Gasteiger partial charge in [-0.25, -0.2) is 18.9 Å². The molecule has 1 aliphatic carbocycles. The molecule has 1 spiro atoms. The molecule has 0 radical (unpaired) electrons. The van der Waals surface area contributed by atoms with E-state index in [2.05, 4.69) is 4.98 Å². The molecule has 0 bridgehead atoms. The summed E-state index contributed by atoms with van der Waals surface area (Å²) in [5, 5.41) is 0. The van der Waals surface area contributed by atoms with Crippen LogP contribution in [0.4, 0.5) is 4.39 Å². The van der Waals surface area contributed by atoms with Gasteiger partial charge in [0.15, 0.2) is 0 Å². The number of hydrogen-bond acceptors (Lipinski definition) is 7. The van der Waals surface area contributed by atoms with Crippen molar-refractivity contribution in [2.24, 2.45) is 11.8 Å². The van der Waals surface area contributed by atoms with E-state index in [1.807, 2.05) is 36.4 Å². The minimum Gasteiger partial charge on any atom is -0.493 e. The van der Waals surface area contributed by atoms with Gasteiger partial charge in [0.1, 0.15) is 11.6 Å². The lowest BCUT2D eigenvalue weighted by Crippen LogP contribution is -2.55. The zero-order chi connectivity index (χ0) is 25.8. The van der Waals surface area contributed by atoms with Crippen LogP contribution >= 0.6 is 0 Å². The number of piperidine rings is 1. The smallest absolute Gasteiger partial charge is 0.421 e. The molecule has 3 aliphatic rings. The van der Waals surface area contributed by atoms with E-state index in [0.717, 1.165) is 23.6 Å². The van der Waals surface area contributed by atoms with Crippen molar-refractivity contribution in [2.75, 3.05) is 13.2 Å². The van der Waals surface area contributed by atoms with E-state index in [4.69, 9.17) is 14.2 Å². The number of halogens is 1. The maximum absolute atomic E-state index is 13.7. The molecule has 5 rings (SSSR count). The number of para-hydroxylation sites is 1. The van der Waals surface area contributed by atoms with Crippen LogP contribution in [0, 0.1) is 17.7 Å². The normalized spacial score (nSPS) is 22.4. The van der Waals surface area contributed by atoms with Crippen LogP contribution in [0.2, 0.25) is 0 Å². The Morgan fingerprint density at radius 3 is 2.62 bits per heavy atom. The number of aromatic amines is 1. The molecule has 1 aromatic heterocycles. The summed E-state index contributed by atoms with van der Waals surface area (Å²) in [5.41, 5.74) is 0.636.